The highest BCUT2D eigenvalue weighted by molar-refractivity contribution is 5.99. The Balaban J connectivity index is 1.43. The van der Waals surface area contributed by atoms with E-state index < -0.39 is 0 Å². The molecule has 0 bridgehead atoms. The number of imidazole rings is 1. The molecule has 0 saturated heterocycles. The Morgan fingerprint density at radius 1 is 1.00 bits per heavy atom. The van der Waals surface area contributed by atoms with Gasteiger partial charge in [-0.3, -0.25) is 9.59 Å². The van der Waals surface area contributed by atoms with E-state index in [9.17, 15) is 9.59 Å². The van der Waals surface area contributed by atoms with Crippen molar-refractivity contribution in [1.29, 1.82) is 0 Å². The molecule has 0 aliphatic rings. The summed E-state index contributed by atoms with van der Waals surface area (Å²) in [5, 5.41) is 2.91. The molecule has 3 rings (SSSR count). The van der Waals surface area contributed by atoms with E-state index >= 15 is 0 Å². The van der Waals surface area contributed by atoms with E-state index in [4.69, 9.17) is 0 Å². The summed E-state index contributed by atoms with van der Waals surface area (Å²) in [5.74, 6) is 0.916. The molecule has 0 radical (unpaired) electrons. The summed E-state index contributed by atoms with van der Waals surface area (Å²) in [6, 6.07) is 15.5. The van der Waals surface area contributed by atoms with E-state index in [-0.39, 0.29) is 24.5 Å². The van der Waals surface area contributed by atoms with Gasteiger partial charge in [-0.2, -0.15) is 0 Å². The minimum Gasteiger partial charge on any atom is -0.356 e. The number of ketones is 1. The van der Waals surface area contributed by atoms with Gasteiger partial charge in [0.05, 0.1) is 11.0 Å². The van der Waals surface area contributed by atoms with Crippen LogP contribution in [-0.2, 0) is 11.3 Å². The number of Topliss-reactive ketones (excluding diaryl/α,β-unsaturated/α-hetero) is 1. The molecule has 5 heteroatoms. The van der Waals surface area contributed by atoms with Gasteiger partial charge in [-0.25, -0.2) is 4.98 Å². The summed E-state index contributed by atoms with van der Waals surface area (Å²) in [6.45, 7) is 5.29. The van der Waals surface area contributed by atoms with Crippen LogP contribution in [0.1, 0.15) is 41.0 Å². The van der Waals surface area contributed by atoms with E-state index in [2.05, 4.69) is 20.9 Å². The summed E-state index contributed by atoms with van der Waals surface area (Å²) in [5.41, 5.74) is 3.76. The number of amides is 1. The first-order valence-corrected chi connectivity index (χ1v) is 9.33. The Hall–Kier alpha value is -2.95. The normalized spacial score (nSPS) is 10.9. The number of carbonyl (C=O) groups is 2. The van der Waals surface area contributed by atoms with Crippen molar-refractivity contribution in [2.45, 2.75) is 39.7 Å². The molecule has 1 heterocycles. The van der Waals surface area contributed by atoms with E-state index in [1.807, 2.05) is 56.3 Å². The predicted octanol–water partition coefficient (Wildman–Crippen LogP) is 3.82. The SMILES string of the molecule is Cc1ccccc1C(=O)CCC(=O)NCCCn1c(C)nc2ccccc21. The lowest BCUT2D eigenvalue weighted by Crippen LogP contribution is -2.25. The van der Waals surface area contributed by atoms with Gasteiger partial charge in [0.1, 0.15) is 5.82 Å². The topological polar surface area (TPSA) is 64.0 Å². The number of benzene rings is 2. The van der Waals surface area contributed by atoms with Gasteiger partial charge >= 0.3 is 0 Å². The standard InChI is InChI=1S/C22H25N3O2/c1-16-8-3-4-9-18(16)21(26)12-13-22(27)23-14-7-15-25-17(2)24-19-10-5-6-11-20(19)25/h3-6,8-11H,7,12-15H2,1-2H3,(H,23,27). The van der Waals surface area contributed by atoms with Gasteiger partial charge < -0.3 is 9.88 Å². The van der Waals surface area contributed by atoms with Gasteiger partial charge in [0.25, 0.3) is 0 Å². The lowest BCUT2D eigenvalue weighted by atomic mass is 10.0. The molecule has 5 nitrogen and oxygen atoms in total. The largest absolute Gasteiger partial charge is 0.356 e. The maximum absolute atomic E-state index is 12.2. The Labute approximate surface area is 159 Å². The minimum absolute atomic E-state index is 0.0174. The molecular formula is C22H25N3O2. The molecule has 3 aromatic rings. The van der Waals surface area contributed by atoms with Crippen LogP contribution in [0.2, 0.25) is 0 Å². The molecule has 2 aromatic carbocycles. The Kier molecular flexibility index (Phi) is 6.01. The molecule has 0 atom stereocenters. The number of nitrogens with zero attached hydrogens (tertiary/aromatic N) is 2. The van der Waals surface area contributed by atoms with E-state index in [0.29, 0.717) is 12.1 Å². The molecule has 1 amide bonds. The van der Waals surface area contributed by atoms with Crippen molar-refractivity contribution in [2.24, 2.45) is 0 Å². The number of aromatic nitrogens is 2. The van der Waals surface area contributed by atoms with Crippen molar-refractivity contribution in [3.05, 3.63) is 65.5 Å². The highest BCUT2D eigenvalue weighted by atomic mass is 16.2. The van der Waals surface area contributed by atoms with Gasteiger partial charge in [0.2, 0.25) is 5.91 Å². The third kappa shape index (κ3) is 4.61. The number of rotatable bonds is 8. The van der Waals surface area contributed by atoms with Crippen LogP contribution in [0.3, 0.4) is 0 Å². The minimum atomic E-state index is -0.0795. The van der Waals surface area contributed by atoms with Crippen molar-refractivity contribution in [3.8, 4) is 0 Å². The first kappa shape index (κ1) is 18.8. The summed E-state index contributed by atoms with van der Waals surface area (Å²) in [6.07, 6.45) is 1.28. The fraction of sp³-hybridized carbons (Fsp3) is 0.318. The molecule has 0 aliphatic carbocycles. The Morgan fingerprint density at radius 3 is 2.56 bits per heavy atom. The smallest absolute Gasteiger partial charge is 0.220 e. The second-order valence-electron chi connectivity index (χ2n) is 6.74. The monoisotopic (exact) mass is 363 g/mol. The molecule has 1 aromatic heterocycles. The quantitative estimate of drug-likeness (QED) is 0.489. The summed E-state index contributed by atoms with van der Waals surface area (Å²) >= 11 is 0. The lowest BCUT2D eigenvalue weighted by Gasteiger charge is -2.08. The van der Waals surface area contributed by atoms with Crippen LogP contribution in [-0.4, -0.2) is 27.8 Å². The molecule has 0 spiro atoms. The zero-order valence-corrected chi connectivity index (χ0v) is 15.9. The molecule has 27 heavy (non-hydrogen) atoms. The molecule has 0 fully saturated rings. The van der Waals surface area contributed by atoms with Crippen LogP contribution in [0.4, 0.5) is 0 Å². The van der Waals surface area contributed by atoms with Crippen LogP contribution < -0.4 is 5.32 Å². The third-order valence-electron chi connectivity index (χ3n) is 4.75. The zero-order chi connectivity index (χ0) is 19.2. The van der Waals surface area contributed by atoms with Gasteiger partial charge in [-0.05, 0) is 38.0 Å². The zero-order valence-electron chi connectivity index (χ0n) is 15.9. The number of nitrogens with one attached hydrogen (secondary N) is 1. The Morgan fingerprint density at radius 2 is 1.74 bits per heavy atom. The summed E-state index contributed by atoms with van der Waals surface area (Å²) in [4.78, 5) is 28.8. The second-order valence-corrected chi connectivity index (χ2v) is 6.74. The first-order chi connectivity index (χ1) is 13.1. The average Bonchev–Trinajstić information content (AvgIpc) is 2.99. The number of fused-ring (bicyclic) bond motifs is 1. The summed E-state index contributed by atoms with van der Waals surface area (Å²) in [7, 11) is 0. The van der Waals surface area contributed by atoms with Crippen LogP contribution >= 0.6 is 0 Å². The molecule has 140 valence electrons. The number of hydrogen-bond acceptors (Lipinski definition) is 3. The Bertz CT molecular complexity index is 959. The van der Waals surface area contributed by atoms with Crippen LogP contribution in [0.25, 0.3) is 11.0 Å². The predicted molar refractivity (Wildman–Crippen MR) is 107 cm³/mol. The van der Waals surface area contributed by atoms with Crippen molar-refractivity contribution in [2.75, 3.05) is 6.54 Å². The molecular weight excluding hydrogens is 338 g/mol. The fourth-order valence-corrected chi connectivity index (χ4v) is 3.28. The highest BCUT2D eigenvalue weighted by Gasteiger charge is 2.11. The molecule has 1 N–H and O–H groups in total. The van der Waals surface area contributed by atoms with Gasteiger partial charge in [0.15, 0.2) is 5.78 Å². The average molecular weight is 363 g/mol. The van der Waals surface area contributed by atoms with Gasteiger partial charge in [-0.15, -0.1) is 0 Å². The van der Waals surface area contributed by atoms with Gasteiger partial charge in [-0.1, -0.05) is 36.4 Å². The van der Waals surface area contributed by atoms with Crippen molar-refractivity contribution in [3.63, 3.8) is 0 Å². The maximum Gasteiger partial charge on any atom is 0.220 e. The number of hydrogen-bond donors (Lipinski definition) is 1. The van der Waals surface area contributed by atoms with Gasteiger partial charge in [0, 0.05) is 31.5 Å². The molecule has 0 unspecified atom stereocenters. The molecule has 0 aliphatic heterocycles. The van der Waals surface area contributed by atoms with E-state index in [0.717, 1.165) is 35.4 Å². The van der Waals surface area contributed by atoms with Crippen molar-refractivity contribution in [1.82, 2.24) is 14.9 Å². The maximum atomic E-state index is 12.2. The number of para-hydroxylation sites is 2. The lowest BCUT2D eigenvalue weighted by molar-refractivity contribution is -0.121. The van der Waals surface area contributed by atoms with Crippen molar-refractivity contribution < 1.29 is 9.59 Å². The fourth-order valence-electron chi connectivity index (χ4n) is 3.28. The number of aryl methyl sites for hydroxylation is 3. The third-order valence-corrected chi connectivity index (χ3v) is 4.75. The van der Waals surface area contributed by atoms with Crippen molar-refractivity contribution >= 4 is 22.7 Å². The van der Waals surface area contributed by atoms with Crippen LogP contribution in [0, 0.1) is 13.8 Å². The van der Waals surface area contributed by atoms with Crippen LogP contribution in [0.15, 0.2) is 48.5 Å². The first-order valence-electron chi connectivity index (χ1n) is 9.33. The van der Waals surface area contributed by atoms with E-state index in [1.165, 1.54) is 0 Å². The number of carbonyl (C=O) groups excluding carboxylic acids is 2. The second kappa shape index (κ2) is 8.62. The van der Waals surface area contributed by atoms with E-state index in [1.54, 1.807) is 0 Å². The summed E-state index contributed by atoms with van der Waals surface area (Å²) < 4.78 is 2.17. The highest BCUT2D eigenvalue weighted by Crippen LogP contribution is 2.15. The van der Waals surface area contributed by atoms with Crippen LogP contribution in [0.5, 0.6) is 0 Å². The molecule has 0 saturated carbocycles.